The number of fused-ring (bicyclic) bond motifs is 1. The van der Waals surface area contributed by atoms with Crippen LogP contribution in [0.2, 0.25) is 0 Å². The Morgan fingerprint density at radius 1 is 1.09 bits per heavy atom. The van der Waals surface area contributed by atoms with Gasteiger partial charge in [-0.2, -0.15) is 5.10 Å². The molecule has 1 N–H and O–H groups in total. The number of carbonyl (C=O) groups is 1. The Hall–Kier alpha value is -3.46. The van der Waals surface area contributed by atoms with Gasteiger partial charge < -0.3 is 9.47 Å². The van der Waals surface area contributed by atoms with Crippen LogP contribution in [0.5, 0.6) is 11.5 Å². The summed E-state index contributed by atoms with van der Waals surface area (Å²) in [6.45, 7) is 6.39. The lowest BCUT2D eigenvalue weighted by molar-refractivity contribution is 0.0956. The summed E-state index contributed by atoms with van der Waals surface area (Å²) in [5.41, 5.74) is 6.39. The van der Waals surface area contributed by atoms with Gasteiger partial charge in [0.1, 0.15) is 0 Å². The highest BCUT2D eigenvalue weighted by molar-refractivity contribution is 14.1. The van der Waals surface area contributed by atoms with Gasteiger partial charge in [0, 0.05) is 10.9 Å². The molecule has 4 aromatic rings. The lowest BCUT2D eigenvalue weighted by Gasteiger charge is -2.16. The van der Waals surface area contributed by atoms with Gasteiger partial charge in [0.05, 0.1) is 39.3 Å². The summed E-state index contributed by atoms with van der Waals surface area (Å²) < 4.78 is 12.6. The van der Waals surface area contributed by atoms with E-state index in [1.807, 2.05) is 87.5 Å². The van der Waals surface area contributed by atoms with Crippen molar-refractivity contribution in [3.8, 4) is 22.8 Å². The van der Waals surface area contributed by atoms with Crippen LogP contribution in [-0.4, -0.2) is 29.8 Å². The number of benzene rings is 3. The zero-order valence-corrected chi connectivity index (χ0v) is 21.9. The van der Waals surface area contributed by atoms with E-state index in [1.165, 1.54) is 0 Å². The minimum atomic E-state index is -0.309. The second kappa shape index (κ2) is 11.3. The summed E-state index contributed by atoms with van der Waals surface area (Å²) >= 11 is 2.22. The van der Waals surface area contributed by atoms with E-state index < -0.39 is 0 Å². The fourth-order valence-electron chi connectivity index (χ4n) is 3.62. The summed E-state index contributed by atoms with van der Waals surface area (Å²) in [5, 5.41) is 4.98. The van der Waals surface area contributed by atoms with E-state index in [-0.39, 0.29) is 12.0 Å². The number of ether oxygens (including phenoxy) is 2. The highest BCUT2D eigenvalue weighted by Gasteiger charge is 2.15. The van der Waals surface area contributed by atoms with Crippen molar-refractivity contribution < 1.29 is 14.3 Å². The van der Waals surface area contributed by atoms with Crippen LogP contribution >= 0.6 is 22.6 Å². The molecule has 1 amide bonds. The molecule has 0 spiro atoms. The van der Waals surface area contributed by atoms with Gasteiger partial charge in [-0.15, -0.1) is 0 Å². The van der Waals surface area contributed by atoms with Crippen molar-refractivity contribution in [2.75, 3.05) is 6.61 Å². The van der Waals surface area contributed by atoms with Crippen LogP contribution in [0, 0.1) is 3.57 Å². The number of nitrogens with zero attached hydrogens (tertiary/aromatic N) is 2. The van der Waals surface area contributed by atoms with Gasteiger partial charge in [-0.05, 0) is 73.2 Å². The number of nitrogens with one attached hydrogen (secondary N) is 1. The van der Waals surface area contributed by atoms with Crippen molar-refractivity contribution in [2.45, 2.75) is 26.9 Å². The summed E-state index contributed by atoms with van der Waals surface area (Å²) in [6.07, 6.45) is 1.63. The molecule has 6 nitrogen and oxygen atoms in total. The van der Waals surface area contributed by atoms with Gasteiger partial charge >= 0.3 is 0 Å². The molecule has 0 fully saturated rings. The molecule has 7 heteroatoms. The minimum absolute atomic E-state index is 0.0255. The van der Waals surface area contributed by atoms with Crippen molar-refractivity contribution in [1.82, 2.24) is 10.4 Å². The molecular weight excluding hydrogens is 553 g/mol. The van der Waals surface area contributed by atoms with Crippen LogP contribution in [0.4, 0.5) is 0 Å². The van der Waals surface area contributed by atoms with E-state index in [1.54, 1.807) is 12.3 Å². The number of carbonyl (C=O) groups excluding carboxylic acids is 1. The molecule has 0 bridgehead atoms. The normalized spacial score (nSPS) is 11.2. The number of amides is 1. The molecule has 0 aliphatic rings. The average molecular weight is 579 g/mol. The third-order valence-corrected chi connectivity index (χ3v) is 5.90. The number of hydrogen-bond donors (Lipinski definition) is 1. The Balaban J connectivity index is 1.61. The lowest BCUT2D eigenvalue weighted by Crippen LogP contribution is -2.18. The number of hydrogen-bond acceptors (Lipinski definition) is 5. The van der Waals surface area contributed by atoms with E-state index in [4.69, 9.17) is 14.5 Å². The first-order valence-electron chi connectivity index (χ1n) is 11.4. The number of pyridine rings is 1. The van der Waals surface area contributed by atoms with Crippen molar-refractivity contribution in [2.24, 2.45) is 5.10 Å². The molecule has 1 aromatic heterocycles. The lowest BCUT2D eigenvalue weighted by atomic mass is 10.0. The summed E-state index contributed by atoms with van der Waals surface area (Å²) in [5.74, 6) is 1.05. The van der Waals surface area contributed by atoms with Crippen LogP contribution in [0.15, 0.2) is 77.9 Å². The molecule has 0 unspecified atom stereocenters. The quantitative estimate of drug-likeness (QED) is 0.148. The molecule has 0 saturated carbocycles. The highest BCUT2D eigenvalue weighted by Crippen LogP contribution is 2.34. The summed E-state index contributed by atoms with van der Waals surface area (Å²) in [7, 11) is 0. The molecule has 0 aliphatic carbocycles. The topological polar surface area (TPSA) is 72.8 Å². The zero-order valence-electron chi connectivity index (χ0n) is 19.8. The second-order valence-corrected chi connectivity index (χ2v) is 9.23. The Morgan fingerprint density at radius 2 is 1.83 bits per heavy atom. The van der Waals surface area contributed by atoms with E-state index in [0.29, 0.717) is 23.7 Å². The monoisotopic (exact) mass is 579 g/mol. The van der Waals surface area contributed by atoms with Gasteiger partial charge in [-0.1, -0.05) is 48.5 Å². The second-order valence-electron chi connectivity index (χ2n) is 8.07. The largest absolute Gasteiger partial charge is 0.490 e. The Morgan fingerprint density at radius 3 is 2.57 bits per heavy atom. The van der Waals surface area contributed by atoms with Gasteiger partial charge in [0.2, 0.25) is 0 Å². The predicted molar refractivity (Wildman–Crippen MR) is 148 cm³/mol. The van der Waals surface area contributed by atoms with E-state index in [2.05, 4.69) is 33.1 Å². The number of para-hydroxylation sites is 1. The molecule has 0 aliphatic heterocycles. The number of hydrazone groups is 1. The van der Waals surface area contributed by atoms with Crippen molar-refractivity contribution >= 4 is 45.6 Å². The predicted octanol–water partition coefficient (Wildman–Crippen LogP) is 6.46. The first kappa shape index (κ1) is 24.7. The van der Waals surface area contributed by atoms with Gasteiger partial charge in [-0.25, -0.2) is 10.4 Å². The molecule has 4 rings (SSSR count). The smallest absolute Gasteiger partial charge is 0.272 e. The van der Waals surface area contributed by atoms with E-state index >= 15 is 0 Å². The van der Waals surface area contributed by atoms with Crippen LogP contribution in [-0.2, 0) is 0 Å². The van der Waals surface area contributed by atoms with Crippen molar-refractivity contribution in [1.29, 1.82) is 0 Å². The van der Waals surface area contributed by atoms with Gasteiger partial charge in [-0.3, -0.25) is 4.79 Å². The molecule has 1 heterocycles. The first-order valence-corrected chi connectivity index (χ1v) is 12.5. The van der Waals surface area contributed by atoms with Crippen LogP contribution in [0.3, 0.4) is 0 Å². The van der Waals surface area contributed by atoms with Gasteiger partial charge in [0.15, 0.2) is 11.5 Å². The highest BCUT2D eigenvalue weighted by atomic mass is 127. The van der Waals surface area contributed by atoms with Crippen molar-refractivity contribution in [3.05, 3.63) is 87.5 Å². The van der Waals surface area contributed by atoms with Crippen molar-refractivity contribution in [3.63, 3.8) is 0 Å². The summed E-state index contributed by atoms with van der Waals surface area (Å²) in [6, 6.07) is 23.0. The Labute approximate surface area is 218 Å². The molecule has 0 saturated heterocycles. The van der Waals surface area contributed by atoms with Gasteiger partial charge in [0.25, 0.3) is 5.91 Å². The SMILES string of the molecule is CCOc1cc(/C=N\NC(=O)c2cc(-c3ccccc3)nc3ccccc23)cc(I)c1OC(C)C. The maximum Gasteiger partial charge on any atom is 0.272 e. The molecule has 0 radical (unpaired) electrons. The van der Waals surface area contributed by atoms with Crippen LogP contribution < -0.4 is 14.9 Å². The molecular formula is C28H26IN3O3. The zero-order chi connectivity index (χ0) is 24.8. The van der Waals surface area contributed by atoms with E-state index in [0.717, 1.165) is 31.3 Å². The molecule has 178 valence electrons. The molecule has 3 aromatic carbocycles. The number of aromatic nitrogens is 1. The van der Waals surface area contributed by atoms with Crippen LogP contribution in [0.25, 0.3) is 22.2 Å². The third kappa shape index (κ3) is 5.97. The third-order valence-electron chi connectivity index (χ3n) is 5.10. The van der Waals surface area contributed by atoms with E-state index in [9.17, 15) is 4.79 Å². The first-order chi connectivity index (χ1) is 17.0. The maximum atomic E-state index is 13.1. The molecule has 35 heavy (non-hydrogen) atoms. The Bertz CT molecular complexity index is 1370. The maximum absolute atomic E-state index is 13.1. The number of rotatable bonds is 8. The molecule has 0 atom stereocenters. The standard InChI is InChI=1S/C28H26IN3O3/c1-4-34-26-15-19(14-23(29)27(26)35-18(2)3)17-30-32-28(33)22-16-25(20-10-6-5-7-11-20)31-24-13-9-8-12-21(22)24/h5-18H,4H2,1-3H3,(H,32,33)/b30-17-. The fraction of sp³-hybridized carbons (Fsp3) is 0.179. The number of halogens is 1. The Kier molecular flexibility index (Phi) is 7.97. The summed E-state index contributed by atoms with van der Waals surface area (Å²) in [4.78, 5) is 17.9. The van der Waals surface area contributed by atoms with Crippen LogP contribution in [0.1, 0.15) is 36.7 Å². The average Bonchev–Trinajstić information content (AvgIpc) is 2.86. The fourth-order valence-corrected chi connectivity index (χ4v) is 4.37. The minimum Gasteiger partial charge on any atom is -0.490 e.